The first kappa shape index (κ1) is 14.0. The Morgan fingerprint density at radius 1 is 1.50 bits per heavy atom. The van der Waals surface area contributed by atoms with Crippen molar-refractivity contribution in [2.45, 2.75) is 25.9 Å². The molecule has 1 atom stereocenters. The molecule has 0 aromatic heterocycles. The van der Waals surface area contributed by atoms with E-state index < -0.39 is 23.8 Å². The molecule has 18 heavy (non-hydrogen) atoms. The van der Waals surface area contributed by atoms with Gasteiger partial charge in [-0.05, 0) is 25.5 Å². The molecule has 6 heteroatoms. The van der Waals surface area contributed by atoms with Crippen molar-refractivity contribution in [1.82, 2.24) is 0 Å². The Hall–Kier alpha value is -2.11. The van der Waals surface area contributed by atoms with Crippen molar-refractivity contribution < 1.29 is 23.8 Å². The monoisotopic (exact) mass is 255 g/mol. The van der Waals surface area contributed by atoms with E-state index in [9.17, 15) is 14.0 Å². The van der Waals surface area contributed by atoms with Crippen LogP contribution in [0.4, 0.5) is 4.39 Å². The van der Waals surface area contributed by atoms with Crippen LogP contribution in [0.1, 0.15) is 30.1 Å². The van der Waals surface area contributed by atoms with E-state index in [4.69, 9.17) is 15.6 Å². The molecule has 1 aromatic rings. The van der Waals surface area contributed by atoms with Gasteiger partial charge in [-0.3, -0.25) is 9.59 Å². The Balaban J connectivity index is 2.81. The lowest BCUT2D eigenvalue weighted by atomic mass is 10.1. The topological polar surface area (TPSA) is 89.6 Å². The molecular weight excluding hydrogens is 241 g/mol. The maximum atomic E-state index is 13.4. The number of carboxylic acid groups (broad SMARTS) is 1. The third-order valence-electron chi connectivity index (χ3n) is 2.31. The van der Waals surface area contributed by atoms with Crippen molar-refractivity contribution >= 4 is 11.9 Å². The van der Waals surface area contributed by atoms with Crippen molar-refractivity contribution in [1.29, 1.82) is 0 Å². The molecule has 0 spiro atoms. The third-order valence-corrected chi connectivity index (χ3v) is 2.31. The van der Waals surface area contributed by atoms with E-state index in [0.29, 0.717) is 0 Å². The van der Waals surface area contributed by atoms with Crippen LogP contribution < -0.4 is 10.5 Å². The molecule has 5 nitrogen and oxygen atoms in total. The molecule has 0 radical (unpaired) electrons. The van der Waals surface area contributed by atoms with Gasteiger partial charge < -0.3 is 15.6 Å². The van der Waals surface area contributed by atoms with Crippen LogP contribution in [0.15, 0.2) is 18.2 Å². The summed E-state index contributed by atoms with van der Waals surface area (Å²) in [5.41, 5.74) is 4.74. The summed E-state index contributed by atoms with van der Waals surface area (Å²) in [4.78, 5) is 21.5. The number of carbonyl (C=O) groups is 2. The maximum absolute atomic E-state index is 13.4. The number of hydrogen-bond donors (Lipinski definition) is 2. The fourth-order valence-electron chi connectivity index (χ4n) is 1.44. The highest BCUT2D eigenvalue weighted by molar-refractivity contribution is 5.95. The van der Waals surface area contributed by atoms with Crippen LogP contribution in [0.5, 0.6) is 5.75 Å². The molecule has 1 rings (SSSR count). The van der Waals surface area contributed by atoms with Gasteiger partial charge in [-0.2, -0.15) is 0 Å². The summed E-state index contributed by atoms with van der Waals surface area (Å²) in [6, 6.07) is 3.91. The lowest BCUT2D eigenvalue weighted by Gasteiger charge is -2.16. The fraction of sp³-hybridized carbons (Fsp3) is 0.333. The summed E-state index contributed by atoms with van der Waals surface area (Å²) in [5.74, 6) is -2.60. The minimum atomic E-state index is -0.945. The molecule has 0 heterocycles. The van der Waals surface area contributed by atoms with Crippen LogP contribution in [0.2, 0.25) is 0 Å². The minimum Gasteiger partial charge on any atom is -0.490 e. The highest BCUT2D eigenvalue weighted by atomic mass is 19.1. The van der Waals surface area contributed by atoms with E-state index in [1.165, 1.54) is 12.1 Å². The zero-order chi connectivity index (χ0) is 13.7. The number of aliphatic carboxylic acids is 1. The van der Waals surface area contributed by atoms with Crippen molar-refractivity contribution in [2.24, 2.45) is 5.73 Å². The number of primary amides is 1. The number of halogens is 1. The summed E-state index contributed by atoms with van der Waals surface area (Å²) in [7, 11) is 0. The second-order valence-electron chi connectivity index (χ2n) is 3.84. The van der Waals surface area contributed by atoms with E-state index >= 15 is 0 Å². The van der Waals surface area contributed by atoms with E-state index in [2.05, 4.69) is 0 Å². The largest absolute Gasteiger partial charge is 0.490 e. The molecule has 0 fully saturated rings. The average molecular weight is 255 g/mol. The van der Waals surface area contributed by atoms with Gasteiger partial charge in [0.15, 0.2) is 0 Å². The number of amides is 1. The van der Waals surface area contributed by atoms with Crippen LogP contribution in [0.3, 0.4) is 0 Å². The highest BCUT2D eigenvalue weighted by Crippen LogP contribution is 2.22. The quantitative estimate of drug-likeness (QED) is 0.807. The molecule has 1 amide bonds. The molecule has 0 saturated heterocycles. The van der Waals surface area contributed by atoms with E-state index in [-0.39, 0.29) is 24.2 Å². The number of rotatable bonds is 6. The van der Waals surface area contributed by atoms with Crippen molar-refractivity contribution in [3.8, 4) is 5.75 Å². The first-order valence-electron chi connectivity index (χ1n) is 5.38. The Morgan fingerprint density at radius 2 is 2.17 bits per heavy atom. The fourth-order valence-corrected chi connectivity index (χ4v) is 1.44. The summed E-state index contributed by atoms with van der Waals surface area (Å²) >= 11 is 0. The van der Waals surface area contributed by atoms with E-state index in [1.807, 2.05) is 0 Å². The van der Waals surface area contributed by atoms with Gasteiger partial charge in [0, 0.05) is 6.42 Å². The number of benzene rings is 1. The normalized spacial score (nSPS) is 11.9. The number of hydrogen-bond acceptors (Lipinski definition) is 3. The number of carboxylic acids is 1. The van der Waals surface area contributed by atoms with Gasteiger partial charge in [-0.25, -0.2) is 4.39 Å². The Kier molecular flexibility index (Phi) is 4.65. The zero-order valence-corrected chi connectivity index (χ0v) is 9.85. The van der Waals surface area contributed by atoms with Crippen molar-refractivity contribution in [2.75, 3.05) is 0 Å². The second kappa shape index (κ2) is 6.00. The predicted octanol–water partition coefficient (Wildman–Crippen LogP) is 1.56. The summed E-state index contributed by atoms with van der Waals surface area (Å²) < 4.78 is 18.7. The molecule has 98 valence electrons. The van der Waals surface area contributed by atoms with Gasteiger partial charge in [0.1, 0.15) is 17.1 Å². The lowest BCUT2D eigenvalue weighted by molar-refractivity contribution is -0.137. The first-order chi connectivity index (χ1) is 8.41. The van der Waals surface area contributed by atoms with E-state index in [1.54, 1.807) is 6.92 Å². The van der Waals surface area contributed by atoms with Crippen LogP contribution in [0.25, 0.3) is 0 Å². The molecule has 0 saturated carbocycles. The zero-order valence-electron chi connectivity index (χ0n) is 9.85. The Bertz CT molecular complexity index is 461. The van der Waals surface area contributed by atoms with Crippen LogP contribution in [-0.2, 0) is 4.79 Å². The van der Waals surface area contributed by atoms with Crippen molar-refractivity contribution in [3.63, 3.8) is 0 Å². The molecule has 0 aliphatic carbocycles. The smallest absolute Gasteiger partial charge is 0.303 e. The summed E-state index contributed by atoms with van der Waals surface area (Å²) in [5, 5.41) is 8.53. The van der Waals surface area contributed by atoms with E-state index in [0.717, 1.165) is 6.07 Å². The van der Waals surface area contributed by atoms with Gasteiger partial charge in [-0.1, -0.05) is 6.07 Å². The average Bonchev–Trinajstić information content (AvgIpc) is 2.26. The number of nitrogens with two attached hydrogens (primary N) is 1. The Morgan fingerprint density at radius 3 is 2.72 bits per heavy atom. The van der Waals surface area contributed by atoms with Crippen molar-refractivity contribution in [3.05, 3.63) is 29.6 Å². The summed E-state index contributed by atoms with van der Waals surface area (Å²) in [6.45, 7) is 1.64. The maximum Gasteiger partial charge on any atom is 0.303 e. The predicted molar refractivity (Wildman–Crippen MR) is 61.9 cm³/mol. The third kappa shape index (κ3) is 3.73. The van der Waals surface area contributed by atoms with Crippen LogP contribution in [-0.4, -0.2) is 23.1 Å². The molecular formula is C12H14FNO4. The van der Waals surface area contributed by atoms with Crippen LogP contribution in [0, 0.1) is 5.82 Å². The van der Waals surface area contributed by atoms with Gasteiger partial charge in [-0.15, -0.1) is 0 Å². The molecule has 3 N–H and O–H groups in total. The standard InChI is InChI=1S/C12H14FNO4/c1-7(5-6-10(15)16)18-9-4-2-3-8(13)11(9)12(14)17/h2-4,7H,5-6H2,1H3,(H2,14,17)(H,15,16). The molecule has 0 bridgehead atoms. The number of carbonyl (C=O) groups excluding carboxylic acids is 1. The number of ether oxygens (including phenoxy) is 1. The first-order valence-corrected chi connectivity index (χ1v) is 5.38. The van der Waals surface area contributed by atoms with Gasteiger partial charge >= 0.3 is 5.97 Å². The Labute approximate surface area is 103 Å². The molecule has 1 unspecified atom stereocenters. The van der Waals surface area contributed by atoms with Gasteiger partial charge in [0.25, 0.3) is 5.91 Å². The lowest BCUT2D eigenvalue weighted by Crippen LogP contribution is -2.19. The minimum absolute atomic E-state index is 0.0281. The SMILES string of the molecule is CC(CCC(=O)O)Oc1cccc(F)c1C(N)=O. The highest BCUT2D eigenvalue weighted by Gasteiger charge is 2.17. The van der Waals surface area contributed by atoms with Gasteiger partial charge in [0.05, 0.1) is 6.10 Å². The second-order valence-corrected chi connectivity index (χ2v) is 3.84. The van der Waals surface area contributed by atoms with Gasteiger partial charge in [0.2, 0.25) is 0 Å². The molecule has 0 aliphatic rings. The molecule has 0 aliphatic heterocycles. The summed E-state index contributed by atoms with van der Waals surface area (Å²) in [6.07, 6.45) is -0.270. The van der Waals surface area contributed by atoms with Crippen LogP contribution >= 0.6 is 0 Å². The molecule has 1 aromatic carbocycles.